The van der Waals surface area contributed by atoms with Gasteiger partial charge in [0, 0.05) is 18.3 Å². The van der Waals surface area contributed by atoms with Crippen LogP contribution in [0.3, 0.4) is 0 Å². The van der Waals surface area contributed by atoms with E-state index in [2.05, 4.69) is 50.0 Å². The first-order valence-corrected chi connectivity index (χ1v) is 15.8. The number of phenols is 1. The summed E-state index contributed by atoms with van der Waals surface area (Å²) >= 11 is 0. The highest BCUT2D eigenvalue weighted by atomic mass is 16.5. The number of benzene rings is 2. The van der Waals surface area contributed by atoms with Gasteiger partial charge in [0.05, 0.1) is 29.2 Å². The van der Waals surface area contributed by atoms with Crippen LogP contribution in [0.4, 0.5) is 5.69 Å². The van der Waals surface area contributed by atoms with Gasteiger partial charge < -0.3 is 15.2 Å². The van der Waals surface area contributed by atoms with Crippen molar-refractivity contribution in [2.45, 2.75) is 99.5 Å². The minimum absolute atomic E-state index is 0.0524. The van der Waals surface area contributed by atoms with Crippen LogP contribution in [0, 0.1) is 12.8 Å². The highest BCUT2D eigenvalue weighted by Crippen LogP contribution is 2.29. The van der Waals surface area contributed by atoms with E-state index in [0.717, 1.165) is 47.0 Å². The van der Waals surface area contributed by atoms with Crippen molar-refractivity contribution in [1.82, 2.24) is 14.6 Å². The Kier molecular flexibility index (Phi) is 15.3. The molecule has 0 aliphatic heterocycles. The lowest BCUT2D eigenvalue weighted by Gasteiger charge is -2.17. The van der Waals surface area contributed by atoms with Crippen molar-refractivity contribution >= 4 is 17.1 Å². The molecule has 0 aliphatic carbocycles. The van der Waals surface area contributed by atoms with E-state index >= 15 is 0 Å². The molecule has 4 aromatic rings. The molecule has 0 spiro atoms. The molecule has 2 N–H and O–H groups in total. The maximum Gasteiger partial charge on any atom is 0.179 e. The summed E-state index contributed by atoms with van der Waals surface area (Å²) in [4.78, 5) is 15.9. The van der Waals surface area contributed by atoms with Gasteiger partial charge in [0.1, 0.15) is 11.5 Å². The molecular weight excluding hydrogens is 536 g/mol. The molecule has 2 heterocycles. The van der Waals surface area contributed by atoms with E-state index in [1.807, 2.05) is 50.4 Å². The molecule has 2 aromatic heterocycles. The van der Waals surface area contributed by atoms with Crippen molar-refractivity contribution in [3.8, 4) is 22.8 Å². The van der Waals surface area contributed by atoms with Gasteiger partial charge in [0.25, 0.3) is 0 Å². The number of para-hydroxylation sites is 2. The van der Waals surface area contributed by atoms with Gasteiger partial charge in [-0.2, -0.15) is 5.10 Å². The number of rotatable bonds is 12. The maximum absolute atomic E-state index is 11.3. The minimum Gasteiger partial charge on any atom is -0.507 e. The standard InChI is InChI=1S/C14H14N4O.C13H18O2.C9H20/c1-9-7-11(10-5-3-4-6-13(10)19)17-14-12(15-2)8-16-18(9)14;1-4-11(5-2)15-13-9-7-6-8-12(13)10(3)14;1-4-7-8-9(5-2)6-3/h3-8,15,19H,1-2H3;6-9,11H,4-5H2,1-3H3;9H,4-8H2,1-3H3. The quantitative estimate of drug-likeness (QED) is 0.160. The fraction of sp³-hybridized carbons (Fsp3) is 0.472. The molecule has 2 aromatic carbocycles. The Bertz CT molecular complexity index is 1390. The number of ether oxygens (including phenoxy) is 1. The topological polar surface area (TPSA) is 88.8 Å². The zero-order valence-electron chi connectivity index (χ0n) is 27.5. The fourth-order valence-electron chi connectivity index (χ4n) is 4.80. The molecule has 234 valence electrons. The van der Waals surface area contributed by atoms with Crippen molar-refractivity contribution < 1.29 is 14.6 Å². The summed E-state index contributed by atoms with van der Waals surface area (Å²) in [5, 5.41) is 17.3. The van der Waals surface area contributed by atoms with E-state index in [-0.39, 0.29) is 17.6 Å². The summed E-state index contributed by atoms with van der Waals surface area (Å²) < 4.78 is 7.56. The van der Waals surface area contributed by atoms with Crippen molar-refractivity contribution in [3.63, 3.8) is 0 Å². The van der Waals surface area contributed by atoms with Crippen LogP contribution in [0.2, 0.25) is 0 Å². The average molecular weight is 589 g/mol. The Balaban J connectivity index is 0.000000241. The van der Waals surface area contributed by atoms with Crippen LogP contribution in [0.25, 0.3) is 16.9 Å². The number of Topliss-reactive ketones (excluding diaryl/α,β-unsaturated/α-hetero) is 1. The third kappa shape index (κ3) is 10.4. The molecule has 0 saturated carbocycles. The fourth-order valence-corrected chi connectivity index (χ4v) is 4.80. The lowest BCUT2D eigenvalue weighted by atomic mass is 9.97. The van der Waals surface area contributed by atoms with Crippen LogP contribution < -0.4 is 10.1 Å². The lowest BCUT2D eigenvalue weighted by Crippen LogP contribution is -2.15. The molecule has 0 amide bonds. The minimum atomic E-state index is 0.0524. The number of nitrogens with zero attached hydrogens (tertiary/aromatic N) is 3. The number of anilines is 1. The molecule has 43 heavy (non-hydrogen) atoms. The zero-order chi connectivity index (χ0) is 31.8. The summed E-state index contributed by atoms with van der Waals surface area (Å²) in [6, 6.07) is 16.5. The first kappa shape index (κ1) is 35.3. The molecule has 0 bridgehead atoms. The number of carbonyl (C=O) groups is 1. The first-order valence-electron chi connectivity index (χ1n) is 15.8. The predicted octanol–water partition coefficient (Wildman–Crippen LogP) is 9.52. The SMILES string of the molecule is CCC(CC)Oc1ccccc1C(C)=O.CCCCC(CC)CC.CNc1cnn2c(C)cc(-c3ccccc3O)nc12. The lowest BCUT2D eigenvalue weighted by molar-refractivity contribution is 0.100. The van der Waals surface area contributed by atoms with Gasteiger partial charge in [0.15, 0.2) is 11.4 Å². The normalized spacial score (nSPS) is 10.7. The van der Waals surface area contributed by atoms with Gasteiger partial charge in [-0.25, -0.2) is 9.50 Å². The number of aromatic nitrogens is 3. The van der Waals surface area contributed by atoms with Gasteiger partial charge in [-0.1, -0.05) is 91.0 Å². The van der Waals surface area contributed by atoms with Gasteiger partial charge >= 0.3 is 0 Å². The van der Waals surface area contributed by atoms with Crippen LogP contribution in [0.1, 0.15) is 103 Å². The van der Waals surface area contributed by atoms with Crippen LogP contribution in [0.5, 0.6) is 11.5 Å². The van der Waals surface area contributed by atoms with E-state index in [0.29, 0.717) is 11.3 Å². The summed E-state index contributed by atoms with van der Waals surface area (Å²) in [6.07, 6.45) is 10.8. The van der Waals surface area contributed by atoms with Crippen molar-refractivity contribution in [2.24, 2.45) is 5.92 Å². The Morgan fingerprint density at radius 3 is 2.21 bits per heavy atom. The predicted molar refractivity (Wildman–Crippen MR) is 179 cm³/mol. The summed E-state index contributed by atoms with van der Waals surface area (Å²) in [5.41, 5.74) is 4.70. The first-order chi connectivity index (χ1) is 20.7. The molecule has 7 nitrogen and oxygen atoms in total. The molecule has 0 unspecified atom stereocenters. The van der Waals surface area contributed by atoms with Crippen molar-refractivity contribution in [2.75, 3.05) is 12.4 Å². The van der Waals surface area contributed by atoms with E-state index < -0.39 is 0 Å². The van der Waals surface area contributed by atoms with Crippen molar-refractivity contribution in [3.05, 3.63) is 72.1 Å². The Morgan fingerprint density at radius 1 is 0.977 bits per heavy atom. The van der Waals surface area contributed by atoms with E-state index in [1.54, 1.807) is 35.8 Å². The number of nitrogens with one attached hydrogen (secondary N) is 1. The van der Waals surface area contributed by atoms with Crippen LogP contribution in [-0.2, 0) is 0 Å². The maximum atomic E-state index is 11.3. The molecule has 0 saturated heterocycles. The zero-order valence-corrected chi connectivity index (χ0v) is 27.5. The number of phenolic OH excluding ortho intramolecular Hbond substituents is 1. The van der Waals surface area contributed by atoms with E-state index in [1.165, 1.54) is 32.1 Å². The third-order valence-electron chi connectivity index (χ3n) is 7.69. The van der Waals surface area contributed by atoms with Crippen LogP contribution >= 0.6 is 0 Å². The van der Waals surface area contributed by atoms with E-state index in [4.69, 9.17) is 4.74 Å². The van der Waals surface area contributed by atoms with Crippen LogP contribution in [0.15, 0.2) is 60.8 Å². The molecule has 0 aliphatic rings. The Morgan fingerprint density at radius 2 is 1.63 bits per heavy atom. The number of hydrogen-bond donors (Lipinski definition) is 2. The van der Waals surface area contributed by atoms with E-state index in [9.17, 15) is 9.90 Å². The Hall–Kier alpha value is -3.87. The molecule has 0 fully saturated rings. The number of hydrogen-bond acceptors (Lipinski definition) is 6. The number of carbonyl (C=O) groups excluding carboxylic acids is 1. The smallest absolute Gasteiger partial charge is 0.179 e. The molecule has 7 heteroatoms. The van der Waals surface area contributed by atoms with Crippen molar-refractivity contribution in [1.29, 1.82) is 0 Å². The molecule has 0 atom stereocenters. The summed E-state index contributed by atoms with van der Waals surface area (Å²) in [5.74, 6) is 1.99. The average Bonchev–Trinajstić information content (AvgIpc) is 3.45. The number of ketones is 1. The monoisotopic (exact) mass is 588 g/mol. The van der Waals surface area contributed by atoms with Gasteiger partial charge in [-0.05, 0) is 62.9 Å². The second-order valence-electron chi connectivity index (χ2n) is 10.8. The van der Waals surface area contributed by atoms with Crippen LogP contribution in [-0.4, -0.2) is 38.6 Å². The van der Waals surface area contributed by atoms with Gasteiger partial charge in [-0.15, -0.1) is 0 Å². The number of unbranched alkanes of at least 4 members (excludes halogenated alkanes) is 1. The van der Waals surface area contributed by atoms with Gasteiger partial charge in [0.2, 0.25) is 0 Å². The highest BCUT2D eigenvalue weighted by Gasteiger charge is 2.12. The Labute approximate surface area is 258 Å². The third-order valence-corrected chi connectivity index (χ3v) is 7.69. The largest absolute Gasteiger partial charge is 0.507 e. The number of fused-ring (bicyclic) bond motifs is 1. The second-order valence-corrected chi connectivity index (χ2v) is 10.8. The summed E-state index contributed by atoms with van der Waals surface area (Å²) in [7, 11) is 1.83. The molecular formula is C36H52N4O3. The van der Waals surface area contributed by atoms with Gasteiger partial charge in [-0.3, -0.25) is 4.79 Å². The second kappa shape index (κ2) is 18.6. The molecule has 0 radical (unpaired) electrons. The number of aryl methyl sites for hydroxylation is 1. The highest BCUT2D eigenvalue weighted by molar-refractivity contribution is 5.96. The molecule has 4 rings (SSSR count). The summed E-state index contributed by atoms with van der Waals surface area (Å²) in [6.45, 7) is 14.6. The number of aromatic hydroxyl groups is 1.